The Morgan fingerprint density at radius 3 is 2.21 bits per heavy atom. The molecule has 2 atom stereocenters. The SMILES string of the molecule is C[C@@H]1CN(C(=O)CC2(C(=O)O)CCCC2)C[C@H](C)O1. The molecule has 5 heteroatoms. The lowest BCUT2D eigenvalue weighted by atomic mass is 9.82. The van der Waals surface area contributed by atoms with Gasteiger partial charge in [0.05, 0.1) is 17.6 Å². The summed E-state index contributed by atoms with van der Waals surface area (Å²) in [4.78, 5) is 25.6. The van der Waals surface area contributed by atoms with Gasteiger partial charge in [0, 0.05) is 19.5 Å². The molecule has 0 radical (unpaired) electrons. The molecule has 5 nitrogen and oxygen atoms in total. The Kier molecular flexibility index (Phi) is 4.13. The van der Waals surface area contributed by atoms with E-state index >= 15 is 0 Å². The van der Waals surface area contributed by atoms with Crippen molar-refractivity contribution >= 4 is 11.9 Å². The summed E-state index contributed by atoms with van der Waals surface area (Å²) in [6.07, 6.45) is 3.27. The number of nitrogens with zero attached hydrogens (tertiary/aromatic N) is 1. The molecule has 1 N–H and O–H groups in total. The third-order valence-electron chi connectivity index (χ3n) is 4.28. The fraction of sp³-hybridized carbons (Fsp3) is 0.857. The smallest absolute Gasteiger partial charge is 0.310 e. The van der Waals surface area contributed by atoms with E-state index in [0.717, 1.165) is 12.8 Å². The molecule has 0 aromatic rings. The summed E-state index contributed by atoms with van der Waals surface area (Å²) < 4.78 is 5.60. The van der Waals surface area contributed by atoms with E-state index in [1.54, 1.807) is 4.90 Å². The van der Waals surface area contributed by atoms with Crippen LogP contribution in [0.5, 0.6) is 0 Å². The number of aliphatic carboxylic acids is 1. The van der Waals surface area contributed by atoms with Crippen LogP contribution in [0.3, 0.4) is 0 Å². The Morgan fingerprint density at radius 1 is 1.21 bits per heavy atom. The topological polar surface area (TPSA) is 66.8 Å². The van der Waals surface area contributed by atoms with Crippen molar-refractivity contribution in [2.24, 2.45) is 5.41 Å². The standard InChI is InChI=1S/C14H23NO4/c1-10-8-15(9-11(2)19-10)12(16)7-14(13(17)18)5-3-4-6-14/h10-11H,3-9H2,1-2H3,(H,17,18)/t10-,11+. The lowest BCUT2D eigenvalue weighted by Crippen LogP contribution is -2.49. The van der Waals surface area contributed by atoms with Gasteiger partial charge in [0.15, 0.2) is 0 Å². The quantitative estimate of drug-likeness (QED) is 0.846. The van der Waals surface area contributed by atoms with Crippen LogP contribution >= 0.6 is 0 Å². The van der Waals surface area contributed by atoms with Gasteiger partial charge in [-0.1, -0.05) is 12.8 Å². The Balaban J connectivity index is 2.01. The molecule has 1 amide bonds. The Bertz CT molecular complexity index is 352. The second kappa shape index (κ2) is 5.49. The van der Waals surface area contributed by atoms with Gasteiger partial charge in [0.25, 0.3) is 0 Å². The molecular formula is C14H23NO4. The first-order valence-corrected chi connectivity index (χ1v) is 7.09. The first-order chi connectivity index (χ1) is 8.93. The second-order valence-electron chi connectivity index (χ2n) is 6.03. The fourth-order valence-corrected chi connectivity index (χ4v) is 3.30. The van der Waals surface area contributed by atoms with Gasteiger partial charge >= 0.3 is 5.97 Å². The van der Waals surface area contributed by atoms with Crippen molar-refractivity contribution in [3.8, 4) is 0 Å². The summed E-state index contributed by atoms with van der Waals surface area (Å²) in [6.45, 7) is 5.02. The van der Waals surface area contributed by atoms with Crippen molar-refractivity contribution in [2.45, 2.75) is 58.2 Å². The Morgan fingerprint density at radius 2 is 1.74 bits per heavy atom. The van der Waals surface area contributed by atoms with Gasteiger partial charge in [-0.05, 0) is 26.7 Å². The normalized spacial score (nSPS) is 30.3. The summed E-state index contributed by atoms with van der Waals surface area (Å²) in [5.74, 6) is -0.848. The molecule has 1 saturated heterocycles. The highest BCUT2D eigenvalue weighted by Gasteiger charge is 2.44. The third-order valence-corrected chi connectivity index (χ3v) is 4.28. The van der Waals surface area contributed by atoms with Crippen LogP contribution in [-0.4, -0.2) is 47.2 Å². The molecular weight excluding hydrogens is 246 g/mol. The van der Waals surface area contributed by atoms with Gasteiger partial charge < -0.3 is 14.7 Å². The van der Waals surface area contributed by atoms with Gasteiger partial charge in [-0.25, -0.2) is 0 Å². The number of morpholine rings is 1. The predicted octanol–water partition coefficient (Wildman–Crippen LogP) is 1.66. The average Bonchev–Trinajstić information content (AvgIpc) is 2.77. The maximum atomic E-state index is 12.4. The summed E-state index contributed by atoms with van der Waals surface area (Å²) >= 11 is 0. The fourth-order valence-electron chi connectivity index (χ4n) is 3.30. The summed E-state index contributed by atoms with van der Waals surface area (Å²) in [5, 5.41) is 9.42. The molecule has 2 fully saturated rings. The number of carboxylic acid groups (broad SMARTS) is 1. The lowest BCUT2D eigenvalue weighted by Gasteiger charge is -2.37. The number of carboxylic acids is 1. The first-order valence-electron chi connectivity index (χ1n) is 7.09. The molecule has 0 unspecified atom stereocenters. The zero-order valence-corrected chi connectivity index (χ0v) is 11.7. The summed E-state index contributed by atoms with van der Waals surface area (Å²) in [6, 6.07) is 0. The van der Waals surface area contributed by atoms with Gasteiger partial charge in [0.2, 0.25) is 5.91 Å². The summed E-state index contributed by atoms with van der Waals surface area (Å²) in [7, 11) is 0. The average molecular weight is 269 g/mol. The van der Waals surface area contributed by atoms with Gasteiger partial charge in [0.1, 0.15) is 0 Å². The van der Waals surface area contributed by atoms with Crippen LogP contribution < -0.4 is 0 Å². The number of amides is 1. The van der Waals surface area contributed by atoms with Gasteiger partial charge in [-0.2, -0.15) is 0 Å². The number of ether oxygens (including phenoxy) is 1. The minimum atomic E-state index is -0.818. The molecule has 1 heterocycles. The number of carbonyl (C=O) groups is 2. The van der Waals surface area contributed by atoms with E-state index in [4.69, 9.17) is 4.74 Å². The van der Waals surface area contributed by atoms with Gasteiger partial charge in [-0.3, -0.25) is 9.59 Å². The molecule has 0 aromatic carbocycles. The van der Waals surface area contributed by atoms with E-state index in [0.29, 0.717) is 25.9 Å². The Hall–Kier alpha value is -1.10. The van der Waals surface area contributed by atoms with Crippen LogP contribution in [0.25, 0.3) is 0 Å². The summed E-state index contributed by atoms with van der Waals surface area (Å²) in [5.41, 5.74) is -0.818. The van der Waals surface area contributed by atoms with Crippen LogP contribution in [0.4, 0.5) is 0 Å². The van der Waals surface area contributed by atoms with Crippen molar-refractivity contribution in [1.29, 1.82) is 0 Å². The van der Waals surface area contributed by atoms with Crippen LogP contribution in [0.1, 0.15) is 46.0 Å². The highest BCUT2D eigenvalue weighted by atomic mass is 16.5. The zero-order valence-electron chi connectivity index (χ0n) is 11.7. The first kappa shape index (κ1) is 14.3. The van der Waals surface area contributed by atoms with E-state index < -0.39 is 11.4 Å². The molecule has 2 rings (SSSR count). The van der Waals surface area contributed by atoms with Crippen molar-refractivity contribution in [2.75, 3.05) is 13.1 Å². The molecule has 19 heavy (non-hydrogen) atoms. The van der Waals surface area contributed by atoms with E-state index in [1.165, 1.54) is 0 Å². The maximum absolute atomic E-state index is 12.4. The van der Waals surface area contributed by atoms with Crippen molar-refractivity contribution in [3.63, 3.8) is 0 Å². The molecule has 2 aliphatic rings. The van der Waals surface area contributed by atoms with Crippen LogP contribution in [-0.2, 0) is 14.3 Å². The third kappa shape index (κ3) is 3.08. The molecule has 108 valence electrons. The second-order valence-corrected chi connectivity index (χ2v) is 6.03. The zero-order chi connectivity index (χ0) is 14.0. The number of hydrogen-bond acceptors (Lipinski definition) is 3. The number of carbonyl (C=O) groups excluding carboxylic acids is 1. The largest absolute Gasteiger partial charge is 0.481 e. The van der Waals surface area contributed by atoms with Crippen LogP contribution in [0.15, 0.2) is 0 Å². The van der Waals surface area contributed by atoms with Crippen molar-refractivity contribution in [3.05, 3.63) is 0 Å². The van der Waals surface area contributed by atoms with Crippen LogP contribution in [0.2, 0.25) is 0 Å². The number of hydrogen-bond donors (Lipinski definition) is 1. The molecule has 1 aliphatic carbocycles. The van der Waals surface area contributed by atoms with E-state index in [9.17, 15) is 14.7 Å². The van der Waals surface area contributed by atoms with Crippen molar-refractivity contribution < 1.29 is 19.4 Å². The Labute approximate surface area is 113 Å². The highest BCUT2D eigenvalue weighted by Crippen LogP contribution is 2.41. The van der Waals surface area contributed by atoms with Crippen molar-refractivity contribution in [1.82, 2.24) is 4.90 Å². The number of rotatable bonds is 3. The maximum Gasteiger partial charge on any atom is 0.310 e. The molecule has 1 aliphatic heterocycles. The van der Waals surface area contributed by atoms with Gasteiger partial charge in [-0.15, -0.1) is 0 Å². The predicted molar refractivity (Wildman–Crippen MR) is 69.7 cm³/mol. The van der Waals surface area contributed by atoms with Crippen LogP contribution in [0, 0.1) is 5.41 Å². The molecule has 0 bridgehead atoms. The molecule has 0 aromatic heterocycles. The molecule has 1 saturated carbocycles. The van der Waals surface area contributed by atoms with E-state index in [-0.39, 0.29) is 24.5 Å². The van der Waals surface area contributed by atoms with E-state index in [2.05, 4.69) is 0 Å². The highest BCUT2D eigenvalue weighted by molar-refractivity contribution is 5.85. The molecule has 0 spiro atoms. The minimum absolute atomic E-state index is 0.0251. The van der Waals surface area contributed by atoms with E-state index in [1.807, 2.05) is 13.8 Å². The monoisotopic (exact) mass is 269 g/mol. The lowest BCUT2D eigenvalue weighted by molar-refractivity contribution is -0.156. The minimum Gasteiger partial charge on any atom is -0.481 e.